The number of nitrogens with one attached hydrogen (secondary N) is 1. The van der Waals surface area contributed by atoms with Crippen LogP contribution in [0.3, 0.4) is 0 Å². The molecule has 1 N–H and O–H groups in total. The highest BCUT2D eigenvalue weighted by molar-refractivity contribution is 5.79. The van der Waals surface area contributed by atoms with Gasteiger partial charge in [0.1, 0.15) is 11.9 Å². The number of ether oxygens (including phenoxy) is 1. The Bertz CT molecular complexity index is 855. The van der Waals surface area contributed by atoms with E-state index in [1.54, 1.807) is 27.7 Å². The molecule has 1 heterocycles. The molecule has 9 heteroatoms. The highest BCUT2D eigenvalue weighted by Crippen LogP contribution is 2.34. The zero-order valence-electron chi connectivity index (χ0n) is 15.7. The third-order valence-electron chi connectivity index (χ3n) is 4.29. The van der Waals surface area contributed by atoms with Crippen LogP contribution in [0.2, 0.25) is 0 Å². The first-order valence-electron chi connectivity index (χ1n) is 8.77. The fourth-order valence-electron chi connectivity index (χ4n) is 3.19. The van der Waals surface area contributed by atoms with E-state index in [-0.39, 0.29) is 41.5 Å². The molecule has 3 rings (SSSR count). The molecule has 0 unspecified atom stereocenters. The number of rotatable bonds is 4. The van der Waals surface area contributed by atoms with Crippen LogP contribution >= 0.6 is 0 Å². The molecule has 0 fully saturated rings. The molecule has 2 aromatic rings. The average molecular weight is 380 g/mol. The van der Waals surface area contributed by atoms with Crippen LogP contribution in [0, 0.1) is 17.6 Å². The molecule has 1 aliphatic rings. The fourth-order valence-corrected chi connectivity index (χ4v) is 3.19. The van der Waals surface area contributed by atoms with E-state index in [9.17, 15) is 18.4 Å². The fraction of sp³-hybridized carbons (Fsp3) is 0.556. The van der Waals surface area contributed by atoms with Crippen LogP contribution in [0.15, 0.2) is 0 Å². The lowest BCUT2D eigenvalue weighted by Gasteiger charge is -2.21. The summed E-state index contributed by atoms with van der Waals surface area (Å²) in [5, 5.41) is 10.7. The SMILES string of the molecule is C[C@@H](Cn1nc2c(F)c3c(c(F)c2n1)CC(C=O)C3)NC(=O)OC(C)(C)C. The lowest BCUT2D eigenvalue weighted by Crippen LogP contribution is -2.39. The summed E-state index contributed by atoms with van der Waals surface area (Å²) in [6.07, 6.45) is 0.458. The van der Waals surface area contributed by atoms with E-state index in [0.717, 1.165) is 4.80 Å². The maximum Gasteiger partial charge on any atom is 0.407 e. The van der Waals surface area contributed by atoms with Gasteiger partial charge in [-0.25, -0.2) is 13.6 Å². The minimum absolute atomic E-state index is 0.119. The van der Waals surface area contributed by atoms with Crippen molar-refractivity contribution in [2.24, 2.45) is 5.92 Å². The number of amides is 1. The monoisotopic (exact) mass is 380 g/mol. The lowest BCUT2D eigenvalue weighted by atomic mass is 10.1. The van der Waals surface area contributed by atoms with Crippen molar-refractivity contribution >= 4 is 23.4 Å². The highest BCUT2D eigenvalue weighted by Gasteiger charge is 2.31. The Morgan fingerprint density at radius 1 is 1.26 bits per heavy atom. The van der Waals surface area contributed by atoms with Gasteiger partial charge in [-0.15, -0.1) is 0 Å². The van der Waals surface area contributed by atoms with Gasteiger partial charge < -0.3 is 14.8 Å². The van der Waals surface area contributed by atoms with Crippen molar-refractivity contribution in [3.05, 3.63) is 22.8 Å². The van der Waals surface area contributed by atoms with Crippen LogP contribution < -0.4 is 5.32 Å². The molecule has 0 saturated carbocycles. The number of benzene rings is 1. The first-order valence-corrected chi connectivity index (χ1v) is 8.77. The number of aldehydes is 1. The van der Waals surface area contributed by atoms with Crippen molar-refractivity contribution in [2.45, 2.75) is 58.7 Å². The van der Waals surface area contributed by atoms with Gasteiger partial charge in [0.05, 0.1) is 12.6 Å². The molecule has 7 nitrogen and oxygen atoms in total. The van der Waals surface area contributed by atoms with Gasteiger partial charge in [-0.2, -0.15) is 15.0 Å². The van der Waals surface area contributed by atoms with E-state index in [1.165, 1.54) is 0 Å². The van der Waals surface area contributed by atoms with Gasteiger partial charge in [0.2, 0.25) is 0 Å². The van der Waals surface area contributed by atoms with Gasteiger partial charge >= 0.3 is 6.09 Å². The number of carbonyl (C=O) groups excluding carboxylic acids is 2. The minimum atomic E-state index is -0.634. The molecule has 1 aromatic heterocycles. The number of nitrogens with zero attached hydrogens (tertiary/aromatic N) is 3. The summed E-state index contributed by atoms with van der Waals surface area (Å²) >= 11 is 0. The lowest BCUT2D eigenvalue weighted by molar-refractivity contribution is -0.110. The third-order valence-corrected chi connectivity index (χ3v) is 4.29. The number of fused-ring (bicyclic) bond motifs is 2. The molecule has 0 bridgehead atoms. The Morgan fingerprint density at radius 3 is 2.22 bits per heavy atom. The summed E-state index contributed by atoms with van der Waals surface area (Å²) in [5.74, 6) is -1.69. The number of aromatic nitrogens is 3. The number of hydrogen-bond acceptors (Lipinski definition) is 5. The zero-order valence-corrected chi connectivity index (χ0v) is 15.7. The molecule has 1 atom stereocenters. The van der Waals surface area contributed by atoms with Gasteiger partial charge in [-0.05, 0) is 51.7 Å². The van der Waals surface area contributed by atoms with Crippen molar-refractivity contribution in [3.8, 4) is 0 Å². The van der Waals surface area contributed by atoms with E-state index in [1.807, 2.05) is 0 Å². The molecule has 0 aliphatic heterocycles. The van der Waals surface area contributed by atoms with Crippen molar-refractivity contribution in [1.82, 2.24) is 20.3 Å². The predicted octanol–water partition coefficient (Wildman–Crippen LogP) is 2.54. The first kappa shape index (κ1) is 19.2. The van der Waals surface area contributed by atoms with Crippen molar-refractivity contribution in [2.75, 3.05) is 0 Å². The molecule has 27 heavy (non-hydrogen) atoms. The van der Waals surface area contributed by atoms with E-state index in [0.29, 0.717) is 6.29 Å². The number of halogens is 2. The molecule has 1 amide bonds. The van der Waals surface area contributed by atoms with Crippen LogP contribution in [0.1, 0.15) is 38.8 Å². The third kappa shape index (κ3) is 3.91. The summed E-state index contributed by atoms with van der Waals surface area (Å²) in [6, 6.07) is -0.418. The summed E-state index contributed by atoms with van der Waals surface area (Å²) in [5.41, 5.74) is -0.563. The zero-order chi connectivity index (χ0) is 19.9. The van der Waals surface area contributed by atoms with Gasteiger partial charge in [0, 0.05) is 5.92 Å². The molecule has 1 aromatic carbocycles. The Balaban J connectivity index is 1.80. The van der Waals surface area contributed by atoms with Crippen LogP contribution in [-0.4, -0.2) is 39.0 Å². The summed E-state index contributed by atoms with van der Waals surface area (Å²) in [4.78, 5) is 23.9. The van der Waals surface area contributed by atoms with Crippen LogP contribution in [-0.2, 0) is 28.9 Å². The quantitative estimate of drug-likeness (QED) is 0.824. The Labute approximate surface area is 155 Å². The standard InChI is InChI=1S/C18H22F2N4O3/c1-9(21-17(26)27-18(2,3)4)7-24-22-15-13(19)11-5-10(8-25)6-12(11)14(20)16(15)23-24/h8-10H,5-7H2,1-4H3,(H,21,26)/t9-/m0/s1. The van der Waals surface area contributed by atoms with Crippen molar-refractivity contribution in [1.29, 1.82) is 0 Å². The second-order valence-electron chi connectivity index (χ2n) is 7.89. The van der Waals surface area contributed by atoms with Gasteiger partial charge in [-0.3, -0.25) is 0 Å². The van der Waals surface area contributed by atoms with E-state index in [2.05, 4.69) is 15.5 Å². The molecule has 146 valence electrons. The first-order chi connectivity index (χ1) is 12.6. The van der Waals surface area contributed by atoms with E-state index >= 15 is 0 Å². The minimum Gasteiger partial charge on any atom is -0.444 e. The number of carbonyl (C=O) groups is 2. The van der Waals surface area contributed by atoms with Gasteiger partial charge in [0.15, 0.2) is 22.7 Å². The maximum absolute atomic E-state index is 14.7. The summed E-state index contributed by atoms with van der Waals surface area (Å²) in [6.45, 7) is 7.07. The molecular formula is C18H22F2N4O3. The van der Waals surface area contributed by atoms with Gasteiger partial charge in [0.25, 0.3) is 0 Å². The van der Waals surface area contributed by atoms with E-state index in [4.69, 9.17) is 4.74 Å². The summed E-state index contributed by atoms with van der Waals surface area (Å²) in [7, 11) is 0. The van der Waals surface area contributed by atoms with Crippen LogP contribution in [0.4, 0.5) is 13.6 Å². The summed E-state index contributed by atoms with van der Waals surface area (Å²) < 4.78 is 34.6. The number of alkyl carbamates (subject to hydrolysis) is 1. The largest absolute Gasteiger partial charge is 0.444 e. The number of hydrogen-bond donors (Lipinski definition) is 1. The van der Waals surface area contributed by atoms with Gasteiger partial charge in [-0.1, -0.05) is 0 Å². The molecule has 0 radical (unpaired) electrons. The Morgan fingerprint density at radius 2 is 1.78 bits per heavy atom. The van der Waals surface area contributed by atoms with Crippen molar-refractivity contribution in [3.63, 3.8) is 0 Å². The highest BCUT2D eigenvalue weighted by atomic mass is 19.1. The predicted molar refractivity (Wildman–Crippen MR) is 93.2 cm³/mol. The molecule has 0 spiro atoms. The van der Waals surface area contributed by atoms with Crippen molar-refractivity contribution < 1.29 is 23.1 Å². The molecule has 0 saturated heterocycles. The topological polar surface area (TPSA) is 86.1 Å². The Kier molecular flexibility index (Phi) is 4.88. The molecule has 1 aliphatic carbocycles. The maximum atomic E-state index is 14.7. The Hall–Kier alpha value is -2.58. The smallest absolute Gasteiger partial charge is 0.407 e. The van der Waals surface area contributed by atoms with Crippen LogP contribution in [0.5, 0.6) is 0 Å². The normalized spacial score (nSPS) is 15.6. The second-order valence-corrected chi connectivity index (χ2v) is 7.89. The second kappa shape index (κ2) is 6.86. The molecular weight excluding hydrogens is 358 g/mol. The van der Waals surface area contributed by atoms with Crippen LogP contribution in [0.25, 0.3) is 11.0 Å². The van der Waals surface area contributed by atoms with E-state index < -0.39 is 35.3 Å². The average Bonchev–Trinajstić information content (AvgIpc) is 3.15.